The van der Waals surface area contributed by atoms with E-state index in [9.17, 15) is 9.59 Å². The van der Waals surface area contributed by atoms with Crippen molar-refractivity contribution in [1.82, 2.24) is 10.2 Å². The van der Waals surface area contributed by atoms with Crippen LogP contribution >= 0.6 is 0 Å². The molecule has 0 unspecified atom stereocenters. The molecule has 0 aromatic heterocycles. The van der Waals surface area contributed by atoms with Crippen molar-refractivity contribution in [1.29, 1.82) is 0 Å². The quantitative estimate of drug-likeness (QED) is 0.835. The maximum absolute atomic E-state index is 10.7. The number of carbonyl (C=O) groups is 2. The second kappa shape index (κ2) is 9.42. The lowest BCUT2D eigenvalue weighted by Gasteiger charge is -2.40. The molecule has 0 atom stereocenters. The van der Waals surface area contributed by atoms with Gasteiger partial charge in [-0.15, -0.1) is 0 Å². The van der Waals surface area contributed by atoms with E-state index < -0.39 is 0 Å². The smallest absolute Gasteiger partial charge is 0.248 e. The predicted octanol–water partition coefficient (Wildman–Crippen LogP) is 2.52. The molecule has 5 nitrogen and oxygen atoms in total. The van der Waals surface area contributed by atoms with E-state index in [4.69, 9.17) is 5.73 Å². The number of nitrogens with zero attached hydrogens (tertiary/aromatic N) is 1. The van der Waals surface area contributed by atoms with Crippen molar-refractivity contribution in [3.05, 3.63) is 35.4 Å². The van der Waals surface area contributed by atoms with Crippen LogP contribution in [-0.2, 0) is 4.79 Å². The number of rotatable bonds is 3. The summed E-state index contributed by atoms with van der Waals surface area (Å²) in [6, 6.07) is 7.60. The Morgan fingerprint density at radius 3 is 2.21 bits per heavy atom. The van der Waals surface area contributed by atoms with Crippen LogP contribution in [0.2, 0.25) is 0 Å². The maximum atomic E-state index is 10.7. The van der Waals surface area contributed by atoms with Gasteiger partial charge < -0.3 is 16.0 Å². The van der Waals surface area contributed by atoms with Gasteiger partial charge in [-0.2, -0.15) is 0 Å². The molecule has 2 fully saturated rings. The lowest BCUT2D eigenvalue weighted by Crippen LogP contribution is -2.57. The van der Waals surface area contributed by atoms with Crippen molar-refractivity contribution < 1.29 is 9.59 Å². The van der Waals surface area contributed by atoms with E-state index >= 15 is 0 Å². The van der Waals surface area contributed by atoms with Crippen LogP contribution in [-0.4, -0.2) is 42.4 Å². The molecule has 1 heterocycles. The zero-order valence-corrected chi connectivity index (χ0v) is 15.3. The third-order valence-electron chi connectivity index (χ3n) is 4.24. The van der Waals surface area contributed by atoms with Gasteiger partial charge in [0, 0.05) is 30.7 Å². The first-order valence-corrected chi connectivity index (χ1v) is 8.76. The number of nitrogens with one attached hydrogen (secondary N) is 1. The first kappa shape index (κ1) is 20.2. The zero-order valence-electron chi connectivity index (χ0n) is 15.3. The number of piperazine rings is 1. The molecule has 0 spiro atoms. The number of carbonyl (C=O) groups excluding carboxylic acids is 2. The van der Waals surface area contributed by atoms with Gasteiger partial charge in [-0.3, -0.25) is 9.59 Å². The highest BCUT2D eigenvalue weighted by atomic mass is 16.1. The van der Waals surface area contributed by atoms with Crippen LogP contribution in [0.4, 0.5) is 0 Å². The molecule has 1 aromatic carbocycles. The molecule has 1 saturated carbocycles. The van der Waals surface area contributed by atoms with Gasteiger partial charge in [-0.25, -0.2) is 0 Å². The Kier molecular flexibility index (Phi) is 7.92. The molecule has 0 radical (unpaired) electrons. The van der Waals surface area contributed by atoms with E-state index in [0.29, 0.717) is 5.56 Å². The summed E-state index contributed by atoms with van der Waals surface area (Å²) >= 11 is 0. The number of hydrogen-bond acceptors (Lipinski definition) is 3. The molecule has 1 aliphatic heterocycles. The average Bonchev–Trinajstić information content (AvgIpc) is 3.42. The van der Waals surface area contributed by atoms with Crippen LogP contribution in [0, 0.1) is 0 Å². The molecule has 5 heteroatoms. The Morgan fingerprint density at radius 2 is 1.83 bits per heavy atom. The topological polar surface area (TPSA) is 75.4 Å². The van der Waals surface area contributed by atoms with Crippen molar-refractivity contribution in [2.75, 3.05) is 19.6 Å². The minimum Gasteiger partial charge on any atom is -0.366 e. The molecule has 3 N–H and O–H groups in total. The van der Waals surface area contributed by atoms with Gasteiger partial charge in [0.15, 0.2) is 0 Å². The van der Waals surface area contributed by atoms with Crippen molar-refractivity contribution in [2.45, 2.75) is 52.0 Å². The molecule has 1 aliphatic carbocycles. The predicted molar refractivity (Wildman–Crippen MR) is 98.0 cm³/mol. The highest BCUT2D eigenvalue weighted by molar-refractivity contribution is 5.92. The van der Waals surface area contributed by atoms with E-state index in [0.717, 1.165) is 32.0 Å². The molecule has 1 saturated heterocycles. The highest BCUT2D eigenvalue weighted by Crippen LogP contribution is 2.39. The SMILES string of the molecule is CC.CC1(C)CNCCN1C=O.NC(=O)c1ccc(C2CC2)cc1. The first-order valence-electron chi connectivity index (χ1n) is 8.76. The van der Waals surface area contributed by atoms with Crippen LogP contribution in [0.1, 0.15) is 62.4 Å². The summed E-state index contributed by atoms with van der Waals surface area (Å²) in [4.78, 5) is 23.0. The highest BCUT2D eigenvalue weighted by Gasteiger charge is 2.27. The van der Waals surface area contributed by atoms with Crippen molar-refractivity contribution >= 4 is 12.3 Å². The normalized spacial score (nSPS) is 18.4. The number of nitrogens with two attached hydrogens (primary N) is 1. The van der Waals surface area contributed by atoms with E-state index in [1.165, 1.54) is 18.4 Å². The third-order valence-corrected chi connectivity index (χ3v) is 4.24. The second-order valence-corrected chi connectivity index (χ2v) is 6.55. The Hall–Kier alpha value is -1.88. The van der Waals surface area contributed by atoms with Crippen molar-refractivity contribution in [3.8, 4) is 0 Å². The van der Waals surface area contributed by atoms with Gasteiger partial charge in [-0.05, 0) is 50.3 Å². The van der Waals surface area contributed by atoms with Gasteiger partial charge >= 0.3 is 0 Å². The fourth-order valence-corrected chi connectivity index (χ4v) is 2.53. The summed E-state index contributed by atoms with van der Waals surface area (Å²) < 4.78 is 0. The molecule has 2 aliphatic rings. The van der Waals surface area contributed by atoms with Crippen molar-refractivity contribution in [3.63, 3.8) is 0 Å². The minimum atomic E-state index is -0.350. The summed E-state index contributed by atoms with van der Waals surface area (Å²) in [5.74, 6) is 0.393. The lowest BCUT2D eigenvalue weighted by atomic mass is 10.0. The Bertz CT molecular complexity index is 522. The third kappa shape index (κ3) is 5.96. The van der Waals surface area contributed by atoms with Crippen LogP contribution in [0.25, 0.3) is 0 Å². The molecule has 134 valence electrons. The Labute approximate surface area is 145 Å². The van der Waals surface area contributed by atoms with Gasteiger partial charge in [0.2, 0.25) is 12.3 Å². The second-order valence-electron chi connectivity index (χ2n) is 6.55. The van der Waals surface area contributed by atoms with Crippen LogP contribution in [0.15, 0.2) is 24.3 Å². The average molecular weight is 333 g/mol. The van der Waals surface area contributed by atoms with Crippen LogP contribution < -0.4 is 11.1 Å². The fourth-order valence-electron chi connectivity index (χ4n) is 2.53. The van der Waals surface area contributed by atoms with E-state index in [1.807, 2.05) is 30.9 Å². The van der Waals surface area contributed by atoms with Crippen molar-refractivity contribution in [2.24, 2.45) is 5.73 Å². The number of benzene rings is 1. The molecular weight excluding hydrogens is 302 g/mol. The number of hydrogen-bond donors (Lipinski definition) is 2. The molecule has 24 heavy (non-hydrogen) atoms. The lowest BCUT2D eigenvalue weighted by molar-refractivity contribution is -0.123. The van der Waals surface area contributed by atoms with Gasteiger partial charge in [0.25, 0.3) is 0 Å². The summed E-state index contributed by atoms with van der Waals surface area (Å²) in [6.45, 7) is 10.8. The van der Waals surface area contributed by atoms with Gasteiger partial charge in [0.1, 0.15) is 0 Å². The van der Waals surface area contributed by atoms with Gasteiger partial charge in [-0.1, -0.05) is 26.0 Å². The standard InChI is InChI=1S/C10H11NO.C7H14N2O.C2H6/c11-10(12)9-5-3-8(4-6-9)7-1-2-7;1-7(2)5-8-3-4-9(7)6-10;1-2/h3-7H,1-2H2,(H2,11,12);6,8H,3-5H2,1-2H3;1-2H3. The molecule has 3 rings (SSSR count). The zero-order chi connectivity index (χ0) is 18.2. The molecular formula is C19H31N3O2. The number of primary amides is 1. The van der Waals surface area contributed by atoms with E-state index in [2.05, 4.69) is 19.2 Å². The maximum Gasteiger partial charge on any atom is 0.248 e. The minimum absolute atomic E-state index is 0. The van der Waals surface area contributed by atoms with E-state index in [1.54, 1.807) is 12.1 Å². The number of amides is 2. The fraction of sp³-hybridized carbons (Fsp3) is 0.579. The van der Waals surface area contributed by atoms with Gasteiger partial charge in [0.05, 0.1) is 0 Å². The summed E-state index contributed by atoms with van der Waals surface area (Å²) in [7, 11) is 0. The first-order chi connectivity index (χ1) is 11.4. The van der Waals surface area contributed by atoms with Crippen LogP contribution in [0.3, 0.4) is 0 Å². The monoisotopic (exact) mass is 333 g/mol. The van der Waals surface area contributed by atoms with Crippen LogP contribution in [0.5, 0.6) is 0 Å². The van der Waals surface area contributed by atoms with E-state index in [-0.39, 0.29) is 11.4 Å². The largest absolute Gasteiger partial charge is 0.366 e. The summed E-state index contributed by atoms with van der Waals surface area (Å²) in [6.07, 6.45) is 3.51. The molecule has 2 amide bonds. The summed E-state index contributed by atoms with van der Waals surface area (Å²) in [5.41, 5.74) is 7.05. The molecule has 1 aromatic rings. The summed E-state index contributed by atoms with van der Waals surface area (Å²) in [5, 5.41) is 3.24. The Morgan fingerprint density at radius 1 is 1.25 bits per heavy atom. The molecule has 0 bridgehead atoms. The Balaban J connectivity index is 0.000000221.